The molecule has 1 fully saturated rings. The van der Waals surface area contributed by atoms with Gasteiger partial charge in [-0.2, -0.15) is 0 Å². The number of nitrogens with one attached hydrogen (secondary N) is 1. The maximum Gasteiger partial charge on any atom is 0.244 e. The number of aryl methyl sites for hydroxylation is 1. The Morgan fingerprint density at radius 2 is 1.61 bits per heavy atom. The molecular weight excluding hydrogens is 541 g/mol. The van der Waals surface area contributed by atoms with Crippen LogP contribution in [-0.2, 0) is 32.6 Å². The van der Waals surface area contributed by atoms with E-state index in [0.717, 1.165) is 53.8 Å². The Morgan fingerprint density at radius 3 is 2.24 bits per heavy atom. The average Bonchev–Trinajstić information content (AvgIpc) is 2.95. The Hall–Kier alpha value is -3.72. The largest absolute Gasteiger partial charge is 0.352 e. The average molecular weight is 580 g/mol. The van der Waals surface area contributed by atoms with Gasteiger partial charge in [0.1, 0.15) is 18.4 Å². The molecule has 1 aliphatic rings. The zero-order valence-electron chi connectivity index (χ0n) is 23.6. The highest BCUT2D eigenvalue weighted by Crippen LogP contribution is 2.23. The van der Waals surface area contributed by atoms with Crippen LogP contribution < -0.4 is 9.62 Å². The molecule has 0 bridgehead atoms. The summed E-state index contributed by atoms with van der Waals surface area (Å²) < 4.78 is 40.6. The topological polar surface area (TPSA) is 86.8 Å². The lowest BCUT2D eigenvalue weighted by Crippen LogP contribution is -2.55. The Kier molecular flexibility index (Phi) is 10.2. The minimum Gasteiger partial charge on any atom is -0.352 e. The molecule has 1 N–H and O–H groups in total. The molecular formula is C32H38FN3O4S. The fraction of sp³-hybridized carbons (Fsp3) is 0.375. The number of anilines is 1. The summed E-state index contributed by atoms with van der Waals surface area (Å²) in [5.41, 5.74) is 2.71. The van der Waals surface area contributed by atoms with Crippen LogP contribution in [0.2, 0.25) is 0 Å². The minimum atomic E-state index is -3.83. The molecule has 0 aromatic heterocycles. The third-order valence-corrected chi connectivity index (χ3v) is 8.60. The predicted molar refractivity (Wildman–Crippen MR) is 159 cm³/mol. The normalized spacial score (nSPS) is 14.7. The standard InChI is InChI=1S/C32H38FN3O4S/c1-24-10-9-15-29(20-24)36(41(2,39)40)23-31(37)35(22-26-16-18-27(33)19-17-26)30(21-25-11-5-3-6-12-25)32(38)34-28-13-7-4-8-14-28/h3,5-6,9-12,15-20,28,30H,4,7-8,13-14,21-23H2,1-2H3,(H,34,38)/t30-/m0/s1. The lowest BCUT2D eigenvalue weighted by atomic mass is 9.94. The van der Waals surface area contributed by atoms with Crippen molar-refractivity contribution in [3.63, 3.8) is 0 Å². The van der Waals surface area contributed by atoms with Gasteiger partial charge in [0.2, 0.25) is 21.8 Å². The van der Waals surface area contributed by atoms with E-state index >= 15 is 0 Å². The SMILES string of the molecule is Cc1cccc(N(CC(=O)N(Cc2ccc(F)cc2)[C@@H](Cc2ccccc2)C(=O)NC2CCCCC2)S(C)(=O)=O)c1. The van der Waals surface area contributed by atoms with Gasteiger partial charge in [0.25, 0.3) is 0 Å². The molecule has 3 aromatic carbocycles. The van der Waals surface area contributed by atoms with E-state index < -0.39 is 34.3 Å². The predicted octanol–water partition coefficient (Wildman–Crippen LogP) is 4.99. The number of hydrogen-bond acceptors (Lipinski definition) is 4. The fourth-order valence-electron chi connectivity index (χ4n) is 5.28. The van der Waals surface area contributed by atoms with E-state index in [0.29, 0.717) is 11.3 Å². The molecule has 3 aromatic rings. The molecule has 4 rings (SSSR count). The number of benzene rings is 3. The Morgan fingerprint density at radius 1 is 0.927 bits per heavy atom. The zero-order chi connectivity index (χ0) is 29.4. The van der Waals surface area contributed by atoms with Crippen LogP contribution in [0.25, 0.3) is 0 Å². The highest BCUT2D eigenvalue weighted by atomic mass is 32.2. The van der Waals surface area contributed by atoms with Crippen LogP contribution in [-0.4, -0.2) is 50.0 Å². The molecule has 218 valence electrons. The monoisotopic (exact) mass is 579 g/mol. The maximum absolute atomic E-state index is 14.1. The molecule has 1 saturated carbocycles. The molecule has 0 unspecified atom stereocenters. The van der Waals surface area contributed by atoms with Crippen LogP contribution in [0.3, 0.4) is 0 Å². The van der Waals surface area contributed by atoms with Gasteiger partial charge in [-0.05, 0) is 60.7 Å². The van der Waals surface area contributed by atoms with Gasteiger partial charge in [-0.3, -0.25) is 13.9 Å². The zero-order valence-corrected chi connectivity index (χ0v) is 24.4. The quantitative estimate of drug-likeness (QED) is 0.347. The maximum atomic E-state index is 14.1. The van der Waals surface area contributed by atoms with Gasteiger partial charge in [0.15, 0.2) is 0 Å². The van der Waals surface area contributed by atoms with Gasteiger partial charge >= 0.3 is 0 Å². The van der Waals surface area contributed by atoms with Crippen molar-refractivity contribution in [3.05, 3.63) is 101 Å². The second-order valence-corrected chi connectivity index (χ2v) is 12.7. The summed E-state index contributed by atoms with van der Waals surface area (Å²) >= 11 is 0. The van der Waals surface area contributed by atoms with E-state index in [1.54, 1.807) is 30.3 Å². The van der Waals surface area contributed by atoms with Crippen molar-refractivity contribution < 1.29 is 22.4 Å². The number of nitrogens with zero attached hydrogens (tertiary/aromatic N) is 2. The first kappa shape index (κ1) is 30.2. The first-order valence-electron chi connectivity index (χ1n) is 14.0. The van der Waals surface area contributed by atoms with Crippen LogP contribution >= 0.6 is 0 Å². The second kappa shape index (κ2) is 13.8. The molecule has 41 heavy (non-hydrogen) atoms. The first-order valence-corrected chi connectivity index (χ1v) is 15.9. The number of carbonyl (C=O) groups excluding carboxylic acids is 2. The van der Waals surface area contributed by atoms with E-state index in [-0.39, 0.29) is 24.9 Å². The Bertz CT molecular complexity index is 1420. The van der Waals surface area contributed by atoms with Crippen molar-refractivity contribution in [2.45, 2.75) is 64.1 Å². The van der Waals surface area contributed by atoms with Crippen LogP contribution in [0.15, 0.2) is 78.9 Å². The van der Waals surface area contributed by atoms with E-state index in [1.165, 1.54) is 17.0 Å². The third kappa shape index (κ3) is 8.63. The van der Waals surface area contributed by atoms with Crippen LogP contribution in [0.5, 0.6) is 0 Å². The number of hydrogen-bond donors (Lipinski definition) is 1. The Balaban J connectivity index is 1.71. The van der Waals surface area contributed by atoms with Gasteiger partial charge in [-0.15, -0.1) is 0 Å². The van der Waals surface area contributed by atoms with Crippen molar-refractivity contribution in [3.8, 4) is 0 Å². The molecule has 0 saturated heterocycles. The van der Waals surface area contributed by atoms with Gasteiger partial charge < -0.3 is 10.2 Å². The Labute approximate surface area is 242 Å². The van der Waals surface area contributed by atoms with E-state index in [4.69, 9.17) is 0 Å². The molecule has 0 spiro atoms. The van der Waals surface area contributed by atoms with Crippen LogP contribution in [0.4, 0.5) is 10.1 Å². The lowest BCUT2D eigenvalue weighted by Gasteiger charge is -2.35. The number of sulfonamides is 1. The molecule has 0 radical (unpaired) electrons. The van der Waals surface area contributed by atoms with Crippen molar-refractivity contribution in [2.75, 3.05) is 17.1 Å². The fourth-order valence-corrected chi connectivity index (χ4v) is 6.12. The summed E-state index contributed by atoms with van der Waals surface area (Å²) in [7, 11) is -3.83. The van der Waals surface area contributed by atoms with E-state index in [2.05, 4.69) is 5.32 Å². The summed E-state index contributed by atoms with van der Waals surface area (Å²) in [6.07, 6.45) is 6.27. The molecule has 1 atom stereocenters. The van der Waals surface area contributed by atoms with Crippen LogP contribution in [0, 0.1) is 12.7 Å². The van der Waals surface area contributed by atoms with Crippen molar-refractivity contribution in [1.29, 1.82) is 0 Å². The number of carbonyl (C=O) groups is 2. The number of rotatable bonds is 11. The van der Waals surface area contributed by atoms with Crippen molar-refractivity contribution in [2.24, 2.45) is 0 Å². The second-order valence-electron chi connectivity index (χ2n) is 10.8. The van der Waals surface area contributed by atoms with Crippen molar-refractivity contribution in [1.82, 2.24) is 10.2 Å². The van der Waals surface area contributed by atoms with Crippen LogP contribution in [0.1, 0.15) is 48.8 Å². The van der Waals surface area contributed by atoms with E-state index in [1.807, 2.05) is 43.3 Å². The molecule has 2 amide bonds. The van der Waals surface area contributed by atoms with Gasteiger partial charge in [0, 0.05) is 19.0 Å². The number of amides is 2. The van der Waals surface area contributed by atoms with Gasteiger partial charge in [0.05, 0.1) is 11.9 Å². The summed E-state index contributed by atoms with van der Waals surface area (Å²) in [5, 5.41) is 3.17. The summed E-state index contributed by atoms with van der Waals surface area (Å²) in [5.74, 6) is -1.22. The molecule has 9 heteroatoms. The summed E-state index contributed by atoms with van der Waals surface area (Å²) in [6, 6.07) is 21.2. The summed E-state index contributed by atoms with van der Waals surface area (Å²) in [4.78, 5) is 29.5. The van der Waals surface area contributed by atoms with E-state index in [9.17, 15) is 22.4 Å². The molecule has 0 aliphatic heterocycles. The highest BCUT2D eigenvalue weighted by Gasteiger charge is 2.34. The molecule has 7 nitrogen and oxygen atoms in total. The highest BCUT2D eigenvalue weighted by molar-refractivity contribution is 7.92. The first-order chi connectivity index (χ1) is 19.6. The molecule has 1 aliphatic carbocycles. The summed E-state index contributed by atoms with van der Waals surface area (Å²) in [6.45, 7) is 1.38. The van der Waals surface area contributed by atoms with Gasteiger partial charge in [-0.25, -0.2) is 12.8 Å². The third-order valence-electron chi connectivity index (χ3n) is 7.46. The molecule has 0 heterocycles. The smallest absolute Gasteiger partial charge is 0.244 e. The van der Waals surface area contributed by atoms with Gasteiger partial charge in [-0.1, -0.05) is 73.9 Å². The number of halogens is 1. The lowest BCUT2D eigenvalue weighted by molar-refractivity contribution is -0.140. The minimum absolute atomic E-state index is 0.0140. The van der Waals surface area contributed by atoms with Crippen molar-refractivity contribution >= 4 is 27.5 Å².